The Labute approximate surface area is 369 Å². The molecule has 12 nitrogen and oxygen atoms in total. The monoisotopic (exact) mass is 861 g/mol. The van der Waals surface area contributed by atoms with Crippen molar-refractivity contribution in [3.05, 3.63) is 95.1 Å². The minimum atomic E-state index is -0.973. The first-order chi connectivity index (χ1) is 30.0. The molecular formula is C50H72N2O10. The number of rotatable bonds is 27. The number of hydrogen-bond donors (Lipinski definition) is 4. The average molecular weight is 861 g/mol. The van der Waals surface area contributed by atoms with Crippen molar-refractivity contribution >= 4 is 23.8 Å². The number of amides is 2. The van der Waals surface area contributed by atoms with Crippen molar-refractivity contribution in [1.82, 2.24) is 10.6 Å². The summed E-state index contributed by atoms with van der Waals surface area (Å²) in [6.07, 6.45) is 10.0. The number of carbonyl (C=O) groups is 4. The van der Waals surface area contributed by atoms with E-state index >= 15 is 0 Å². The molecule has 3 aromatic rings. The molecule has 62 heavy (non-hydrogen) atoms. The number of aliphatic carboxylic acids is 2. The second-order valence-electron chi connectivity index (χ2n) is 15.8. The van der Waals surface area contributed by atoms with Crippen LogP contribution in [-0.4, -0.2) is 84.7 Å². The SMILES string of the molecule is CCCCCCNC(=O)C(CC)Oc1ccc(C[C@H](OCC)C(=O)O)cc1.CCO[C@@H](Cc1ccc(O[C@@H](C(=O)NCCc2ccc(CC)cc2)C2CCCCC2)cc1)C(=O)O. The number of benzene rings is 3. The van der Waals surface area contributed by atoms with Crippen molar-refractivity contribution in [2.24, 2.45) is 5.92 Å². The maximum Gasteiger partial charge on any atom is 0.333 e. The highest BCUT2D eigenvalue weighted by Crippen LogP contribution is 2.30. The molecule has 0 aliphatic heterocycles. The van der Waals surface area contributed by atoms with Gasteiger partial charge in [-0.3, -0.25) is 9.59 Å². The standard InChI is InChI=1S/C29H39NO5.C21H33NO5/c1-3-21-10-12-22(13-11-21)18-19-30-28(31)27(24-8-6-5-7-9-24)35-25-16-14-23(15-17-25)20-26(29(32)33)34-4-2;1-4-7-8-9-14-22-20(23)18(5-2)27-17-12-10-16(11-13-17)15-19(21(24)25)26-6-3/h10-17,24,26-27H,3-9,18-20H2,1-2H3,(H,30,31)(H,32,33);10-13,18-19H,4-9,14-15H2,1-3H3,(H,22,23)(H,24,25)/t26-,27+;18?,19-/m00/s1. The van der Waals surface area contributed by atoms with Crippen LogP contribution in [0.2, 0.25) is 0 Å². The zero-order chi connectivity index (χ0) is 45.1. The van der Waals surface area contributed by atoms with E-state index in [2.05, 4.69) is 48.7 Å². The molecule has 0 radical (unpaired) electrons. The number of carbonyl (C=O) groups excluding carboxylic acids is 2. The van der Waals surface area contributed by atoms with Gasteiger partial charge in [0.05, 0.1) is 0 Å². The fourth-order valence-corrected chi connectivity index (χ4v) is 7.36. The average Bonchev–Trinajstić information content (AvgIpc) is 3.28. The summed E-state index contributed by atoms with van der Waals surface area (Å²) in [5.41, 5.74) is 4.22. The van der Waals surface area contributed by atoms with Crippen LogP contribution < -0.4 is 20.1 Å². The van der Waals surface area contributed by atoms with Crippen LogP contribution in [0.4, 0.5) is 0 Å². The van der Waals surface area contributed by atoms with Crippen molar-refractivity contribution < 1.29 is 48.3 Å². The van der Waals surface area contributed by atoms with Crippen LogP contribution in [0.1, 0.15) is 121 Å². The van der Waals surface area contributed by atoms with Crippen LogP contribution in [0, 0.1) is 5.92 Å². The summed E-state index contributed by atoms with van der Waals surface area (Å²) in [5, 5.41) is 24.5. The molecule has 0 saturated heterocycles. The van der Waals surface area contributed by atoms with Gasteiger partial charge in [-0.2, -0.15) is 0 Å². The number of aryl methyl sites for hydroxylation is 1. The van der Waals surface area contributed by atoms with Crippen molar-refractivity contribution in [2.45, 2.75) is 149 Å². The number of carboxylic acids is 2. The minimum absolute atomic E-state index is 0.0616. The number of ether oxygens (including phenoxy) is 4. The van der Waals surface area contributed by atoms with E-state index < -0.39 is 36.4 Å². The molecule has 4 atom stereocenters. The third kappa shape index (κ3) is 19.0. The van der Waals surface area contributed by atoms with Crippen molar-refractivity contribution in [3.63, 3.8) is 0 Å². The van der Waals surface area contributed by atoms with Gasteiger partial charge in [0.2, 0.25) is 0 Å². The molecule has 0 bridgehead atoms. The second-order valence-corrected chi connectivity index (χ2v) is 15.8. The van der Waals surface area contributed by atoms with Gasteiger partial charge in [-0.05, 0) is 98.9 Å². The molecule has 1 fully saturated rings. The smallest absolute Gasteiger partial charge is 0.333 e. The van der Waals surface area contributed by atoms with E-state index in [1.807, 2.05) is 31.2 Å². The third-order valence-electron chi connectivity index (χ3n) is 11.0. The predicted molar refractivity (Wildman–Crippen MR) is 242 cm³/mol. The Morgan fingerprint density at radius 1 is 0.581 bits per heavy atom. The first-order valence-corrected chi connectivity index (χ1v) is 22.8. The Hall–Kier alpha value is -4.94. The maximum absolute atomic E-state index is 13.2. The maximum atomic E-state index is 13.2. The first kappa shape index (κ1) is 51.4. The molecule has 0 heterocycles. The normalized spacial score (nSPS) is 14.6. The number of unbranched alkanes of at least 4 members (excludes halogenated alkanes) is 3. The van der Waals surface area contributed by atoms with Gasteiger partial charge in [-0.15, -0.1) is 0 Å². The van der Waals surface area contributed by atoms with Crippen molar-refractivity contribution in [1.29, 1.82) is 0 Å². The summed E-state index contributed by atoms with van der Waals surface area (Å²) >= 11 is 0. The third-order valence-corrected chi connectivity index (χ3v) is 11.0. The van der Waals surface area contributed by atoms with Gasteiger partial charge in [0.1, 0.15) is 11.5 Å². The summed E-state index contributed by atoms with van der Waals surface area (Å²) in [5.74, 6) is -0.690. The molecule has 1 saturated carbocycles. The second kappa shape index (κ2) is 29.4. The molecule has 1 aliphatic carbocycles. The van der Waals surface area contributed by atoms with E-state index in [0.29, 0.717) is 50.6 Å². The fraction of sp³-hybridized carbons (Fsp3) is 0.560. The van der Waals surface area contributed by atoms with Gasteiger partial charge in [-0.1, -0.05) is 108 Å². The number of nitrogens with one attached hydrogen (secondary N) is 2. The number of carboxylic acid groups (broad SMARTS) is 2. The van der Waals surface area contributed by atoms with Gasteiger partial charge in [-0.25, -0.2) is 9.59 Å². The zero-order valence-corrected chi connectivity index (χ0v) is 37.7. The van der Waals surface area contributed by atoms with E-state index in [1.54, 1.807) is 38.1 Å². The lowest BCUT2D eigenvalue weighted by molar-refractivity contribution is -0.150. The van der Waals surface area contributed by atoms with Crippen LogP contribution in [-0.2, 0) is 54.3 Å². The summed E-state index contributed by atoms with van der Waals surface area (Å²) in [6, 6.07) is 23.0. The molecule has 4 N–H and O–H groups in total. The molecule has 0 spiro atoms. The van der Waals surface area contributed by atoms with Crippen LogP contribution >= 0.6 is 0 Å². The minimum Gasteiger partial charge on any atom is -0.481 e. The molecule has 4 rings (SSSR count). The molecule has 3 aromatic carbocycles. The Morgan fingerprint density at radius 2 is 1.08 bits per heavy atom. The van der Waals surface area contributed by atoms with Crippen molar-refractivity contribution in [2.75, 3.05) is 26.3 Å². The largest absolute Gasteiger partial charge is 0.481 e. The highest BCUT2D eigenvalue weighted by Gasteiger charge is 2.31. The van der Waals surface area contributed by atoms with Crippen LogP contribution in [0.5, 0.6) is 11.5 Å². The summed E-state index contributed by atoms with van der Waals surface area (Å²) in [7, 11) is 0. The Bertz CT molecular complexity index is 1730. The topological polar surface area (TPSA) is 170 Å². The molecule has 0 aromatic heterocycles. The highest BCUT2D eigenvalue weighted by atomic mass is 16.5. The lowest BCUT2D eigenvalue weighted by Gasteiger charge is -2.30. The van der Waals surface area contributed by atoms with Gasteiger partial charge in [0.25, 0.3) is 11.8 Å². The molecule has 2 amide bonds. The first-order valence-electron chi connectivity index (χ1n) is 22.8. The Kier molecular flexibility index (Phi) is 24.4. The Balaban J connectivity index is 0.000000343. The van der Waals surface area contributed by atoms with Gasteiger partial charge >= 0.3 is 11.9 Å². The summed E-state index contributed by atoms with van der Waals surface area (Å²) in [4.78, 5) is 48.0. The predicted octanol–water partition coefficient (Wildman–Crippen LogP) is 8.54. The Morgan fingerprint density at radius 3 is 1.56 bits per heavy atom. The lowest BCUT2D eigenvalue weighted by atomic mass is 9.84. The quantitative estimate of drug-likeness (QED) is 0.0545. The van der Waals surface area contributed by atoms with Crippen LogP contribution in [0.15, 0.2) is 72.8 Å². The summed E-state index contributed by atoms with van der Waals surface area (Å²) in [6.45, 7) is 11.7. The molecule has 342 valence electrons. The molecule has 1 unspecified atom stereocenters. The van der Waals surface area contributed by atoms with E-state index in [4.69, 9.17) is 24.1 Å². The fourth-order valence-electron chi connectivity index (χ4n) is 7.36. The van der Waals surface area contributed by atoms with Gasteiger partial charge < -0.3 is 39.8 Å². The van der Waals surface area contributed by atoms with Crippen LogP contribution in [0.25, 0.3) is 0 Å². The lowest BCUT2D eigenvalue weighted by Crippen LogP contribution is -2.44. The molecule has 12 heteroatoms. The van der Waals surface area contributed by atoms with Crippen LogP contribution in [0.3, 0.4) is 0 Å². The van der Waals surface area contributed by atoms with E-state index in [9.17, 15) is 24.3 Å². The zero-order valence-electron chi connectivity index (χ0n) is 37.7. The molecular weight excluding hydrogens is 789 g/mol. The van der Waals surface area contributed by atoms with E-state index in [-0.39, 0.29) is 24.2 Å². The van der Waals surface area contributed by atoms with Crippen molar-refractivity contribution in [3.8, 4) is 11.5 Å². The molecule has 1 aliphatic rings. The summed E-state index contributed by atoms with van der Waals surface area (Å²) < 4.78 is 22.6. The van der Waals surface area contributed by atoms with Gasteiger partial charge in [0.15, 0.2) is 24.4 Å². The van der Waals surface area contributed by atoms with Gasteiger partial charge in [0, 0.05) is 45.1 Å². The van der Waals surface area contributed by atoms with E-state index in [0.717, 1.165) is 62.5 Å². The number of hydrogen-bond acceptors (Lipinski definition) is 8. The highest BCUT2D eigenvalue weighted by molar-refractivity contribution is 5.82. The van der Waals surface area contributed by atoms with E-state index in [1.165, 1.54) is 30.4 Å².